The van der Waals surface area contributed by atoms with Crippen molar-refractivity contribution in [1.82, 2.24) is 0 Å². The summed E-state index contributed by atoms with van der Waals surface area (Å²) in [6.45, 7) is 9.21. The standard InChI is InChI=1S/C16H21NOS/c1-11(2)18-14-6-8-16(12(3)9-14)17-10-15-7-5-13(4)19-15/h5-9,11,17H,10H2,1-4H3. The van der Waals surface area contributed by atoms with Crippen LogP contribution in [0.1, 0.15) is 29.2 Å². The van der Waals surface area contributed by atoms with E-state index in [1.807, 2.05) is 31.3 Å². The predicted octanol–water partition coefficient (Wildman–Crippen LogP) is 4.76. The van der Waals surface area contributed by atoms with Gasteiger partial charge in [0, 0.05) is 22.0 Å². The molecule has 0 unspecified atom stereocenters. The van der Waals surface area contributed by atoms with E-state index in [9.17, 15) is 0 Å². The van der Waals surface area contributed by atoms with Crippen molar-refractivity contribution in [3.63, 3.8) is 0 Å². The Morgan fingerprint density at radius 1 is 1.16 bits per heavy atom. The topological polar surface area (TPSA) is 21.3 Å². The lowest BCUT2D eigenvalue weighted by molar-refractivity contribution is 0.242. The average molecular weight is 275 g/mol. The second kappa shape index (κ2) is 6.11. The molecule has 2 nitrogen and oxygen atoms in total. The highest BCUT2D eigenvalue weighted by Gasteiger charge is 2.03. The maximum absolute atomic E-state index is 5.69. The number of anilines is 1. The summed E-state index contributed by atoms with van der Waals surface area (Å²) in [5.74, 6) is 0.935. The molecule has 0 aliphatic rings. The Kier molecular flexibility index (Phi) is 4.48. The summed E-state index contributed by atoms with van der Waals surface area (Å²) in [5, 5.41) is 3.48. The van der Waals surface area contributed by atoms with Crippen molar-refractivity contribution in [1.29, 1.82) is 0 Å². The van der Waals surface area contributed by atoms with Gasteiger partial charge >= 0.3 is 0 Å². The summed E-state index contributed by atoms with van der Waals surface area (Å²) in [7, 11) is 0. The first kappa shape index (κ1) is 13.9. The van der Waals surface area contributed by atoms with Crippen LogP contribution in [0.5, 0.6) is 5.75 Å². The normalized spacial score (nSPS) is 10.8. The highest BCUT2D eigenvalue weighted by molar-refractivity contribution is 7.11. The molecule has 2 aromatic rings. The Morgan fingerprint density at radius 3 is 2.53 bits per heavy atom. The van der Waals surface area contributed by atoms with Crippen molar-refractivity contribution in [2.75, 3.05) is 5.32 Å². The van der Waals surface area contributed by atoms with Gasteiger partial charge in [0.2, 0.25) is 0 Å². The monoisotopic (exact) mass is 275 g/mol. The quantitative estimate of drug-likeness (QED) is 0.849. The second-order valence-corrected chi connectivity index (χ2v) is 6.38. The molecule has 2 rings (SSSR count). The Labute approximate surface area is 119 Å². The maximum atomic E-state index is 5.69. The first-order valence-electron chi connectivity index (χ1n) is 6.61. The van der Waals surface area contributed by atoms with Crippen LogP contribution in [0.2, 0.25) is 0 Å². The number of hydrogen-bond donors (Lipinski definition) is 1. The fourth-order valence-electron chi connectivity index (χ4n) is 1.94. The molecule has 3 heteroatoms. The first-order valence-corrected chi connectivity index (χ1v) is 7.43. The van der Waals surface area contributed by atoms with E-state index >= 15 is 0 Å². The van der Waals surface area contributed by atoms with Gasteiger partial charge in [-0.3, -0.25) is 0 Å². The minimum absolute atomic E-state index is 0.215. The number of thiophene rings is 1. The van der Waals surface area contributed by atoms with E-state index in [0.717, 1.165) is 12.3 Å². The number of rotatable bonds is 5. The number of benzene rings is 1. The van der Waals surface area contributed by atoms with Crippen LogP contribution < -0.4 is 10.1 Å². The molecule has 0 spiro atoms. The molecular weight excluding hydrogens is 254 g/mol. The van der Waals surface area contributed by atoms with E-state index in [-0.39, 0.29) is 6.10 Å². The zero-order valence-electron chi connectivity index (χ0n) is 12.0. The van der Waals surface area contributed by atoms with Crippen LogP contribution in [-0.2, 0) is 6.54 Å². The molecule has 1 aromatic heterocycles. The van der Waals surface area contributed by atoms with Gasteiger partial charge in [0.1, 0.15) is 5.75 Å². The minimum Gasteiger partial charge on any atom is -0.491 e. The van der Waals surface area contributed by atoms with Crippen LogP contribution in [0.4, 0.5) is 5.69 Å². The molecule has 0 aliphatic heterocycles. The second-order valence-electron chi connectivity index (χ2n) is 5.01. The lowest BCUT2D eigenvalue weighted by atomic mass is 10.2. The van der Waals surface area contributed by atoms with Gasteiger partial charge in [-0.2, -0.15) is 0 Å². The van der Waals surface area contributed by atoms with Crippen molar-refractivity contribution in [2.24, 2.45) is 0 Å². The van der Waals surface area contributed by atoms with Gasteiger partial charge in [-0.15, -0.1) is 11.3 Å². The third kappa shape index (κ3) is 4.00. The van der Waals surface area contributed by atoms with Gasteiger partial charge < -0.3 is 10.1 Å². The molecule has 0 amide bonds. The average Bonchev–Trinajstić information content (AvgIpc) is 2.73. The molecule has 19 heavy (non-hydrogen) atoms. The first-order chi connectivity index (χ1) is 9.04. The van der Waals surface area contributed by atoms with Gasteiger partial charge in [0.25, 0.3) is 0 Å². The summed E-state index contributed by atoms with van der Waals surface area (Å²) in [5.41, 5.74) is 2.38. The zero-order chi connectivity index (χ0) is 13.8. The van der Waals surface area contributed by atoms with Crippen LogP contribution in [0.25, 0.3) is 0 Å². The van der Waals surface area contributed by atoms with Crippen LogP contribution in [-0.4, -0.2) is 6.10 Å². The van der Waals surface area contributed by atoms with Crippen LogP contribution in [0.3, 0.4) is 0 Å². The molecule has 0 saturated heterocycles. The Hall–Kier alpha value is -1.48. The van der Waals surface area contributed by atoms with Crippen molar-refractivity contribution < 1.29 is 4.74 Å². The summed E-state index contributed by atoms with van der Waals surface area (Å²) >= 11 is 1.84. The largest absolute Gasteiger partial charge is 0.491 e. The summed E-state index contributed by atoms with van der Waals surface area (Å²) in [6.07, 6.45) is 0.215. The van der Waals surface area contributed by atoms with Crippen LogP contribution in [0, 0.1) is 13.8 Å². The van der Waals surface area contributed by atoms with Crippen LogP contribution in [0.15, 0.2) is 30.3 Å². The molecule has 0 fully saturated rings. The van der Waals surface area contributed by atoms with Gasteiger partial charge in [-0.05, 0) is 63.6 Å². The van der Waals surface area contributed by atoms with Gasteiger partial charge in [-0.25, -0.2) is 0 Å². The molecule has 1 N–H and O–H groups in total. The van der Waals surface area contributed by atoms with E-state index in [1.54, 1.807) is 0 Å². The summed E-state index contributed by atoms with van der Waals surface area (Å²) < 4.78 is 5.69. The third-order valence-electron chi connectivity index (χ3n) is 2.82. The van der Waals surface area contributed by atoms with Crippen molar-refractivity contribution in [3.05, 3.63) is 45.6 Å². The fourth-order valence-corrected chi connectivity index (χ4v) is 2.77. The van der Waals surface area contributed by atoms with E-state index in [4.69, 9.17) is 4.74 Å². The maximum Gasteiger partial charge on any atom is 0.120 e. The summed E-state index contributed by atoms with van der Waals surface area (Å²) in [4.78, 5) is 2.72. The Balaban J connectivity index is 2.00. The number of ether oxygens (including phenoxy) is 1. The van der Waals surface area contributed by atoms with E-state index in [2.05, 4.69) is 43.4 Å². The lowest BCUT2D eigenvalue weighted by Crippen LogP contribution is -2.06. The molecule has 0 bridgehead atoms. The van der Waals surface area contributed by atoms with E-state index in [0.29, 0.717) is 0 Å². The van der Waals surface area contributed by atoms with Crippen LogP contribution >= 0.6 is 11.3 Å². The molecular formula is C16H21NOS. The third-order valence-corrected chi connectivity index (χ3v) is 3.82. The highest BCUT2D eigenvalue weighted by atomic mass is 32.1. The molecule has 0 radical (unpaired) electrons. The molecule has 1 aromatic carbocycles. The Bertz CT molecular complexity index is 545. The number of nitrogens with one attached hydrogen (secondary N) is 1. The fraction of sp³-hybridized carbons (Fsp3) is 0.375. The van der Waals surface area contributed by atoms with Gasteiger partial charge in [0.15, 0.2) is 0 Å². The lowest BCUT2D eigenvalue weighted by Gasteiger charge is -2.13. The smallest absolute Gasteiger partial charge is 0.120 e. The van der Waals surface area contributed by atoms with E-state index in [1.165, 1.54) is 21.0 Å². The minimum atomic E-state index is 0.215. The molecule has 0 aliphatic carbocycles. The van der Waals surface area contributed by atoms with Crippen molar-refractivity contribution >= 4 is 17.0 Å². The predicted molar refractivity (Wildman–Crippen MR) is 83.3 cm³/mol. The molecule has 0 saturated carbocycles. The number of hydrogen-bond acceptors (Lipinski definition) is 3. The highest BCUT2D eigenvalue weighted by Crippen LogP contribution is 2.23. The Morgan fingerprint density at radius 2 is 1.95 bits per heavy atom. The summed E-state index contributed by atoms with van der Waals surface area (Å²) in [6, 6.07) is 10.5. The molecule has 1 heterocycles. The van der Waals surface area contributed by atoms with Gasteiger partial charge in [-0.1, -0.05) is 0 Å². The number of aryl methyl sites for hydroxylation is 2. The van der Waals surface area contributed by atoms with Crippen molar-refractivity contribution in [2.45, 2.75) is 40.3 Å². The van der Waals surface area contributed by atoms with Crippen molar-refractivity contribution in [3.8, 4) is 5.75 Å². The van der Waals surface area contributed by atoms with Gasteiger partial charge in [0.05, 0.1) is 6.10 Å². The van der Waals surface area contributed by atoms with E-state index < -0.39 is 0 Å². The SMILES string of the molecule is Cc1ccc(CNc2ccc(OC(C)C)cc2C)s1. The molecule has 0 atom stereocenters. The molecule has 102 valence electrons. The zero-order valence-corrected chi connectivity index (χ0v) is 12.8.